The second-order valence-corrected chi connectivity index (χ2v) is 5.85. The Balaban J connectivity index is 1.90. The van der Waals surface area contributed by atoms with Gasteiger partial charge in [-0.2, -0.15) is 0 Å². The number of ether oxygens (including phenoxy) is 1. The largest absolute Gasteiger partial charge is 0.395 e. The van der Waals surface area contributed by atoms with Crippen LogP contribution in [0.25, 0.3) is 0 Å². The number of aliphatic hydroxyl groups excluding tert-OH is 1. The lowest BCUT2D eigenvalue weighted by Gasteiger charge is -2.38. The van der Waals surface area contributed by atoms with Gasteiger partial charge in [0.2, 0.25) is 5.91 Å². The van der Waals surface area contributed by atoms with Crippen LogP contribution < -0.4 is 0 Å². The first kappa shape index (κ1) is 15.7. The maximum Gasteiger partial charge on any atom is 0.237 e. The summed E-state index contributed by atoms with van der Waals surface area (Å²) in [7, 11) is 0. The Labute approximate surface area is 121 Å². The average Bonchev–Trinajstić information content (AvgIpc) is 2.49. The first-order valence-electron chi connectivity index (χ1n) is 7.98. The van der Waals surface area contributed by atoms with Crippen molar-refractivity contribution in [2.24, 2.45) is 0 Å². The molecule has 2 fully saturated rings. The SMILES string of the molecule is CCN(C(=O)CN1CCOCC1CO)C1CCCCC1. The van der Waals surface area contributed by atoms with Gasteiger partial charge in [0.25, 0.3) is 0 Å². The molecule has 5 heteroatoms. The van der Waals surface area contributed by atoms with E-state index in [1.54, 1.807) is 0 Å². The van der Waals surface area contributed by atoms with Crippen LogP contribution in [0.15, 0.2) is 0 Å². The highest BCUT2D eigenvalue weighted by Gasteiger charge is 2.29. The van der Waals surface area contributed by atoms with Crippen LogP contribution in [0.4, 0.5) is 0 Å². The second-order valence-electron chi connectivity index (χ2n) is 5.85. The van der Waals surface area contributed by atoms with Gasteiger partial charge in [0.1, 0.15) is 0 Å². The second kappa shape index (κ2) is 7.96. The fourth-order valence-electron chi connectivity index (χ4n) is 3.36. The van der Waals surface area contributed by atoms with Crippen LogP contribution in [0.1, 0.15) is 39.0 Å². The summed E-state index contributed by atoms with van der Waals surface area (Å²) < 4.78 is 5.36. The number of morpholine rings is 1. The molecule has 1 aliphatic carbocycles. The Morgan fingerprint density at radius 2 is 2.10 bits per heavy atom. The van der Waals surface area contributed by atoms with E-state index < -0.39 is 0 Å². The Morgan fingerprint density at radius 1 is 1.35 bits per heavy atom. The highest BCUT2D eigenvalue weighted by Crippen LogP contribution is 2.23. The molecule has 0 spiro atoms. The number of nitrogens with zero attached hydrogens (tertiary/aromatic N) is 2. The summed E-state index contributed by atoms with van der Waals surface area (Å²) in [5, 5.41) is 9.37. The van der Waals surface area contributed by atoms with Crippen molar-refractivity contribution < 1.29 is 14.6 Å². The van der Waals surface area contributed by atoms with Crippen LogP contribution in [0.2, 0.25) is 0 Å². The summed E-state index contributed by atoms with van der Waals surface area (Å²) >= 11 is 0. The summed E-state index contributed by atoms with van der Waals surface area (Å²) in [6.07, 6.45) is 6.08. The van der Waals surface area contributed by atoms with Gasteiger partial charge in [-0.1, -0.05) is 19.3 Å². The molecule has 0 aromatic rings. The lowest BCUT2D eigenvalue weighted by Crippen LogP contribution is -2.53. The van der Waals surface area contributed by atoms with Crippen molar-refractivity contribution in [1.82, 2.24) is 9.80 Å². The Hall–Kier alpha value is -0.650. The Kier molecular flexibility index (Phi) is 6.26. The number of carbonyl (C=O) groups is 1. The molecule has 0 aromatic heterocycles. The maximum absolute atomic E-state index is 12.6. The Bertz CT molecular complexity index is 305. The molecular weight excluding hydrogens is 256 g/mol. The Morgan fingerprint density at radius 3 is 2.75 bits per heavy atom. The molecule has 1 aliphatic heterocycles. The minimum Gasteiger partial charge on any atom is -0.395 e. The van der Waals surface area contributed by atoms with E-state index in [9.17, 15) is 9.90 Å². The van der Waals surface area contributed by atoms with E-state index in [0.29, 0.717) is 25.8 Å². The van der Waals surface area contributed by atoms with Gasteiger partial charge in [0, 0.05) is 19.1 Å². The van der Waals surface area contributed by atoms with E-state index in [1.807, 2.05) is 4.90 Å². The minimum atomic E-state index is -0.0299. The number of carbonyl (C=O) groups excluding carboxylic acids is 1. The molecule has 1 saturated heterocycles. The molecule has 20 heavy (non-hydrogen) atoms. The number of likely N-dealkylation sites (N-methyl/N-ethyl adjacent to an activating group) is 1. The number of hydrogen-bond acceptors (Lipinski definition) is 4. The fourth-order valence-corrected chi connectivity index (χ4v) is 3.36. The average molecular weight is 284 g/mol. The van der Waals surface area contributed by atoms with Gasteiger partial charge < -0.3 is 14.7 Å². The third-order valence-electron chi connectivity index (χ3n) is 4.58. The first-order valence-corrected chi connectivity index (χ1v) is 7.98. The third kappa shape index (κ3) is 3.93. The van der Waals surface area contributed by atoms with Gasteiger partial charge in [-0.25, -0.2) is 0 Å². The summed E-state index contributed by atoms with van der Waals surface area (Å²) in [6.45, 7) is 5.24. The van der Waals surface area contributed by atoms with Crippen LogP contribution >= 0.6 is 0 Å². The molecule has 2 rings (SSSR count). The predicted octanol–water partition coefficient (Wildman–Crippen LogP) is 0.861. The smallest absolute Gasteiger partial charge is 0.237 e. The monoisotopic (exact) mass is 284 g/mol. The molecular formula is C15H28N2O3. The van der Waals surface area contributed by atoms with Crippen molar-refractivity contribution in [2.75, 3.05) is 39.5 Å². The van der Waals surface area contributed by atoms with Crippen molar-refractivity contribution in [3.8, 4) is 0 Å². The summed E-state index contributed by atoms with van der Waals surface area (Å²) in [4.78, 5) is 16.7. The number of hydrogen-bond donors (Lipinski definition) is 1. The molecule has 5 nitrogen and oxygen atoms in total. The van der Waals surface area contributed by atoms with Gasteiger partial charge in [-0.15, -0.1) is 0 Å². The van der Waals surface area contributed by atoms with Crippen molar-refractivity contribution in [3.05, 3.63) is 0 Å². The van der Waals surface area contributed by atoms with Gasteiger partial charge in [-0.05, 0) is 19.8 Å². The summed E-state index contributed by atoms with van der Waals surface area (Å²) in [5.74, 6) is 0.208. The zero-order chi connectivity index (χ0) is 14.4. The van der Waals surface area contributed by atoms with Crippen molar-refractivity contribution in [2.45, 2.75) is 51.1 Å². The fraction of sp³-hybridized carbons (Fsp3) is 0.933. The number of amides is 1. The lowest BCUT2D eigenvalue weighted by molar-refractivity contribution is -0.138. The van der Waals surface area contributed by atoms with E-state index in [2.05, 4.69) is 11.8 Å². The number of rotatable bonds is 5. The maximum atomic E-state index is 12.6. The van der Waals surface area contributed by atoms with E-state index >= 15 is 0 Å². The highest BCUT2D eigenvalue weighted by atomic mass is 16.5. The summed E-state index contributed by atoms with van der Waals surface area (Å²) in [6, 6.07) is 0.396. The molecule has 1 atom stereocenters. The number of aliphatic hydroxyl groups is 1. The molecule has 1 unspecified atom stereocenters. The predicted molar refractivity (Wildman–Crippen MR) is 77.5 cm³/mol. The zero-order valence-electron chi connectivity index (χ0n) is 12.6. The topological polar surface area (TPSA) is 53.0 Å². The third-order valence-corrected chi connectivity index (χ3v) is 4.58. The molecule has 1 N–H and O–H groups in total. The van der Waals surface area contributed by atoms with E-state index in [4.69, 9.17) is 4.74 Å². The highest BCUT2D eigenvalue weighted by molar-refractivity contribution is 5.78. The van der Waals surface area contributed by atoms with Crippen molar-refractivity contribution >= 4 is 5.91 Å². The van der Waals surface area contributed by atoms with Gasteiger partial charge in [0.05, 0.1) is 32.4 Å². The first-order chi connectivity index (χ1) is 9.76. The van der Waals surface area contributed by atoms with Crippen LogP contribution in [0.5, 0.6) is 0 Å². The normalized spacial score (nSPS) is 25.6. The standard InChI is InChI=1S/C15H28N2O3/c1-2-17(13-6-4-3-5-7-13)15(19)10-16-8-9-20-12-14(16)11-18/h13-14,18H,2-12H2,1H3. The molecule has 1 saturated carbocycles. The quantitative estimate of drug-likeness (QED) is 0.813. The van der Waals surface area contributed by atoms with Gasteiger partial charge in [0.15, 0.2) is 0 Å². The molecule has 1 amide bonds. The summed E-state index contributed by atoms with van der Waals surface area (Å²) in [5.41, 5.74) is 0. The van der Waals surface area contributed by atoms with Crippen LogP contribution in [0.3, 0.4) is 0 Å². The molecule has 0 radical (unpaired) electrons. The van der Waals surface area contributed by atoms with Crippen LogP contribution in [-0.2, 0) is 9.53 Å². The van der Waals surface area contributed by atoms with E-state index in [0.717, 1.165) is 25.9 Å². The van der Waals surface area contributed by atoms with Crippen LogP contribution in [-0.4, -0.2) is 72.4 Å². The lowest BCUT2D eigenvalue weighted by atomic mass is 9.94. The van der Waals surface area contributed by atoms with Gasteiger partial charge >= 0.3 is 0 Å². The van der Waals surface area contributed by atoms with E-state index in [1.165, 1.54) is 19.3 Å². The molecule has 0 bridgehead atoms. The van der Waals surface area contributed by atoms with Crippen LogP contribution in [0, 0.1) is 0 Å². The molecule has 0 aromatic carbocycles. The minimum absolute atomic E-state index is 0.0299. The van der Waals surface area contributed by atoms with Crippen molar-refractivity contribution in [1.29, 1.82) is 0 Å². The molecule has 1 heterocycles. The van der Waals surface area contributed by atoms with Crippen molar-refractivity contribution in [3.63, 3.8) is 0 Å². The zero-order valence-corrected chi connectivity index (χ0v) is 12.6. The van der Waals surface area contributed by atoms with Gasteiger partial charge in [-0.3, -0.25) is 9.69 Å². The molecule has 2 aliphatic rings. The van der Waals surface area contributed by atoms with E-state index in [-0.39, 0.29) is 18.6 Å². The molecule has 116 valence electrons.